The van der Waals surface area contributed by atoms with E-state index in [9.17, 15) is 0 Å². The number of ether oxygens (including phenoxy) is 1. The van der Waals surface area contributed by atoms with Gasteiger partial charge >= 0.3 is 0 Å². The van der Waals surface area contributed by atoms with Crippen LogP contribution in [0.15, 0.2) is 35.3 Å². The van der Waals surface area contributed by atoms with Gasteiger partial charge < -0.3 is 20.3 Å². The zero-order chi connectivity index (χ0) is 16.9. The van der Waals surface area contributed by atoms with E-state index in [0.717, 1.165) is 45.2 Å². The molecule has 0 fully saturated rings. The van der Waals surface area contributed by atoms with Gasteiger partial charge in [0.15, 0.2) is 5.96 Å². The summed E-state index contributed by atoms with van der Waals surface area (Å²) in [5.41, 5.74) is 1.34. The minimum atomic E-state index is 0. The number of aliphatic imine (C=N–C) groups is 1. The van der Waals surface area contributed by atoms with Crippen LogP contribution in [0.3, 0.4) is 0 Å². The second kappa shape index (κ2) is 14.5. The summed E-state index contributed by atoms with van der Waals surface area (Å²) in [6.45, 7) is 6.81. The molecular weight excluding hydrogens is 415 g/mol. The van der Waals surface area contributed by atoms with Gasteiger partial charge in [-0.1, -0.05) is 37.3 Å². The van der Waals surface area contributed by atoms with Gasteiger partial charge in [-0.3, -0.25) is 4.99 Å². The molecule has 2 N–H and O–H groups in total. The van der Waals surface area contributed by atoms with Crippen molar-refractivity contribution in [2.75, 3.05) is 54.0 Å². The third-order valence-electron chi connectivity index (χ3n) is 3.85. The Morgan fingerprint density at radius 2 is 1.92 bits per heavy atom. The highest BCUT2D eigenvalue weighted by Gasteiger charge is 2.06. The molecule has 6 heteroatoms. The Labute approximate surface area is 164 Å². The summed E-state index contributed by atoms with van der Waals surface area (Å²) >= 11 is 0. The molecule has 0 heterocycles. The second-order valence-corrected chi connectivity index (χ2v) is 5.84. The molecule has 5 nitrogen and oxygen atoms in total. The Morgan fingerprint density at radius 3 is 2.54 bits per heavy atom. The van der Waals surface area contributed by atoms with Crippen molar-refractivity contribution >= 4 is 29.9 Å². The Hall–Kier alpha value is -0.860. The van der Waals surface area contributed by atoms with E-state index in [-0.39, 0.29) is 24.0 Å². The lowest BCUT2D eigenvalue weighted by Crippen LogP contribution is -2.40. The molecule has 0 saturated carbocycles. The van der Waals surface area contributed by atoms with Crippen molar-refractivity contribution in [3.8, 4) is 0 Å². The summed E-state index contributed by atoms with van der Waals surface area (Å²) in [5.74, 6) is 1.32. The smallest absolute Gasteiger partial charge is 0.190 e. The van der Waals surface area contributed by atoms with Crippen molar-refractivity contribution in [2.24, 2.45) is 4.99 Å². The lowest BCUT2D eigenvalue weighted by molar-refractivity contribution is 0.161. The van der Waals surface area contributed by atoms with Crippen LogP contribution in [0.4, 0.5) is 0 Å². The largest absolute Gasteiger partial charge is 0.383 e. The zero-order valence-electron chi connectivity index (χ0n) is 15.4. The van der Waals surface area contributed by atoms with Crippen molar-refractivity contribution in [1.29, 1.82) is 0 Å². The molecule has 1 rings (SSSR count). The summed E-state index contributed by atoms with van der Waals surface area (Å²) in [4.78, 5) is 6.56. The van der Waals surface area contributed by atoms with Crippen molar-refractivity contribution in [1.82, 2.24) is 15.5 Å². The first-order valence-electron chi connectivity index (χ1n) is 8.34. The normalized spacial score (nSPS) is 12.6. The molecule has 1 aromatic rings. The summed E-state index contributed by atoms with van der Waals surface area (Å²) in [6, 6.07) is 10.5. The van der Waals surface area contributed by atoms with E-state index >= 15 is 0 Å². The van der Waals surface area contributed by atoms with Gasteiger partial charge in [-0.25, -0.2) is 0 Å². The minimum Gasteiger partial charge on any atom is -0.383 e. The molecule has 0 aromatic heterocycles. The summed E-state index contributed by atoms with van der Waals surface area (Å²) in [5, 5.41) is 6.76. The zero-order valence-corrected chi connectivity index (χ0v) is 17.7. The fourth-order valence-corrected chi connectivity index (χ4v) is 2.28. The molecule has 0 saturated heterocycles. The van der Waals surface area contributed by atoms with Crippen LogP contribution in [0.5, 0.6) is 0 Å². The van der Waals surface area contributed by atoms with Crippen molar-refractivity contribution in [3.05, 3.63) is 35.9 Å². The third-order valence-corrected chi connectivity index (χ3v) is 3.85. The molecule has 1 aromatic carbocycles. The number of hydrogen-bond acceptors (Lipinski definition) is 3. The average molecular weight is 448 g/mol. The molecule has 0 aliphatic rings. The van der Waals surface area contributed by atoms with Gasteiger partial charge in [-0.2, -0.15) is 0 Å². The van der Waals surface area contributed by atoms with E-state index in [1.54, 1.807) is 7.11 Å². The van der Waals surface area contributed by atoms with Crippen LogP contribution >= 0.6 is 24.0 Å². The molecule has 1 atom stereocenters. The molecule has 0 spiro atoms. The lowest BCUT2D eigenvalue weighted by atomic mass is 10.0. The summed E-state index contributed by atoms with van der Waals surface area (Å²) in [7, 11) is 5.67. The maximum absolute atomic E-state index is 5.08. The fraction of sp³-hybridized carbons (Fsp3) is 0.611. The minimum absolute atomic E-state index is 0. The highest BCUT2D eigenvalue weighted by atomic mass is 127. The quantitative estimate of drug-likeness (QED) is 0.250. The van der Waals surface area contributed by atoms with Crippen LogP contribution in [0.25, 0.3) is 0 Å². The fourth-order valence-electron chi connectivity index (χ4n) is 2.28. The predicted molar refractivity (Wildman–Crippen MR) is 114 cm³/mol. The van der Waals surface area contributed by atoms with E-state index in [1.165, 1.54) is 5.56 Å². The first-order valence-corrected chi connectivity index (χ1v) is 8.34. The molecule has 0 aliphatic heterocycles. The third kappa shape index (κ3) is 10.1. The van der Waals surface area contributed by atoms with Crippen LogP contribution in [-0.2, 0) is 4.74 Å². The van der Waals surface area contributed by atoms with E-state index < -0.39 is 0 Å². The first-order chi connectivity index (χ1) is 11.2. The van der Waals surface area contributed by atoms with E-state index in [0.29, 0.717) is 5.92 Å². The second-order valence-electron chi connectivity index (χ2n) is 5.84. The summed E-state index contributed by atoms with van der Waals surface area (Å²) in [6.07, 6.45) is 1.08. The number of guanidine groups is 1. The van der Waals surface area contributed by atoms with Gasteiger partial charge in [-0.05, 0) is 31.5 Å². The first kappa shape index (κ1) is 23.1. The van der Waals surface area contributed by atoms with Crippen LogP contribution in [0, 0.1) is 0 Å². The van der Waals surface area contributed by atoms with Crippen LogP contribution in [0.2, 0.25) is 0 Å². The Morgan fingerprint density at radius 1 is 1.21 bits per heavy atom. The monoisotopic (exact) mass is 448 g/mol. The van der Waals surface area contributed by atoms with Gasteiger partial charge in [-0.15, -0.1) is 24.0 Å². The molecule has 24 heavy (non-hydrogen) atoms. The molecule has 0 amide bonds. The Bertz CT molecular complexity index is 442. The molecule has 0 bridgehead atoms. The van der Waals surface area contributed by atoms with Gasteiger partial charge in [0, 0.05) is 33.8 Å². The number of hydrogen-bond donors (Lipinski definition) is 2. The summed E-state index contributed by atoms with van der Waals surface area (Å²) < 4.78 is 5.08. The van der Waals surface area contributed by atoms with Crippen LogP contribution in [-0.4, -0.2) is 64.9 Å². The molecule has 0 aliphatic carbocycles. The van der Waals surface area contributed by atoms with Crippen LogP contribution in [0.1, 0.15) is 24.8 Å². The molecule has 0 radical (unpaired) electrons. The number of likely N-dealkylation sites (N-methyl/N-ethyl adjacent to an activating group) is 1. The standard InChI is InChI=1S/C18H32N4O.HI/c1-16(17-9-6-5-7-10-17)15-21-18(19-2)20-11-8-12-22(3)13-14-23-4;/h5-7,9-10,16H,8,11-15H2,1-4H3,(H2,19,20,21);1H. The number of benzene rings is 1. The SMILES string of the molecule is CN=C(NCCCN(C)CCOC)NCC(C)c1ccccc1.I. The van der Waals surface area contributed by atoms with Crippen molar-refractivity contribution in [2.45, 2.75) is 19.3 Å². The van der Waals surface area contributed by atoms with Gasteiger partial charge in [0.25, 0.3) is 0 Å². The Kier molecular flexibility index (Phi) is 14.0. The molecule has 138 valence electrons. The van der Waals surface area contributed by atoms with E-state index in [2.05, 4.69) is 58.8 Å². The van der Waals surface area contributed by atoms with Gasteiger partial charge in [0.05, 0.1) is 6.61 Å². The number of rotatable bonds is 10. The van der Waals surface area contributed by atoms with Gasteiger partial charge in [0.1, 0.15) is 0 Å². The van der Waals surface area contributed by atoms with E-state index in [4.69, 9.17) is 4.74 Å². The number of nitrogens with one attached hydrogen (secondary N) is 2. The maximum Gasteiger partial charge on any atom is 0.190 e. The van der Waals surface area contributed by atoms with Crippen molar-refractivity contribution < 1.29 is 4.74 Å². The highest BCUT2D eigenvalue weighted by molar-refractivity contribution is 14.0. The molecule has 1 unspecified atom stereocenters. The van der Waals surface area contributed by atoms with Gasteiger partial charge in [0.2, 0.25) is 0 Å². The highest BCUT2D eigenvalue weighted by Crippen LogP contribution is 2.12. The topological polar surface area (TPSA) is 48.9 Å². The maximum atomic E-state index is 5.08. The number of halogens is 1. The molecular formula is C18H33IN4O. The lowest BCUT2D eigenvalue weighted by Gasteiger charge is -2.18. The van der Waals surface area contributed by atoms with Crippen molar-refractivity contribution in [3.63, 3.8) is 0 Å². The van der Waals surface area contributed by atoms with E-state index in [1.807, 2.05) is 13.1 Å². The number of methoxy groups -OCH3 is 1. The van der Waals surface area contributed by atoms with Crippen LogP contribution < -0.4 is 10.6 Å². The average Bonchev–Trinajstić information content (AvgIpc) is 2.59. The predicted octanol–water partition coefficient (Wildman–Crippen LogP) is 2.54. The Balaban J connectivity index is 0.00000529. The number of nitrogens with zero attached hydrogens (tertiary/aromatic N) is 2.